The zero-order valence-electron chi connectivity index (χ0n) is 17.1. The Balaban J connectivity index is 1.63. The minimum atomic E-state index is -0.606. The average molecular weight is 402 g/mol. The summed E-state index contributed by atoms with van der Waals surface area (Å²) in [4.78, 5) is 39.1. The maximum absolute atomic E-state index is 13.0. The molecule has 2 aliphatic rings. The van der Waals surface area contributed by atoms with Crippen molar-refractivity contribution in [3.8, 4) is 0 Å². The predicted octanol–water partition coefficient (Wildman–Crippen LogP) is -0.167. The number of amides is 3. The van der Waals surface area contributed by atoms with E-state index < -0.39 is 12.1 Å². The third kappa shape index (κ3) is 4.94. The van der Waals surface area contributed by atoms with Crippen molar-refractivity contribution >= 4 is 17.7 Å². The van der Waals surface area contributed by atoms with E-state index >= 15 is 0 Å². The number of aryl methyl sites for hydroxylation is 1. The van der Waals surface area contributed by atoms with Crippen LogP contribution in [0, 0.1) is 0 Å². The highest BCUT2D eigenvalue weighted by Gasteiger charge is 2.39. The lowest BCUT2D eigenvalue weighted by Crippen LogP contribution is -2.51. The van der Waals surface area contributed by atoms with Gasteiger partial charge in [0, 0.05) is 12.6 Å². The van der Waals surface area contributed by atoms with E-state index in [4.69, 9.17) is 5.73 Å². The standard InChI is InChI=1S/C21H31N5O3/c1-13(23-2)20(28)24-11-19(27)26-12-15(22)10-18(26)21(29)25-17-9-5-7-14-6-3-4-8-16(14)17/h3-4,6,8,13,15,17-18,23H,5,7,9-12,22H2,1-2H3,(H,24,28)(H,25,29). The first-order valence-corrected chi connectivity index (χ1v) is 10.3. The summed E-state index contributed by atoms with van der Waals surface area (Å²) in [6.07, 6.45) is 3.34. The quantitative estimate of drug-likeness (QED) is 0.528. The number of hydrogen-bond donors (Lipinski definition) is 4. The van der Waals surface area contributed by atoms with Crippen LogP contribution in [0.15, 0.2) is 24.3 Å². The molecule has 0 aromatic heterocycles. The number of nitrogens with zero attached hydrogens (tertiary/aromatic N) is 1. The molecular formula is C21H31N5O3. The molecule has 3 amide bonds. The van der Waals surface area contributed by atoms with E-state index in [1.807, 2.05) is 12.1 Å². The molecule has 0 spiro atoms. The molecule has 29 heavy (non-hydrogen) atoms. The van der Waals surface area contributed by atoms with Crippen molar-refractivity contribution in [3.05, 3.63) is 35.4 Å². The topological polar surface area (TPSA) is 117 Å². The molecule has 1 heterocycles. The fourth-order valence-electron chi connectivity index (χ4n) is 4.11. The van der Waals surface area contributed by atoms with Crippen LogP contribution in [0.3, 0.4) is 0 Å². The van der Waals surface area contributed by atoms with Gasteiger partial charge in [0.25, 0.3) is 0 Å². The SMILES string of the molecule is CNC(C)C(=O)NCC(=O)N1CC(N)CC1C(=O)NC1CCCc2ccccc21. The van der Waals surface area contributed by atoms with Crippen LogP contribution in [0.5, 0.6) is 0 Å². The molecule has 8 nitrogen and oxygen atoms in total. The Hall–Kier alpha value is -2.45. The van der Waals surface area contributed by atoms with Crippen LogP contribution < -0.4 is 21.7 Å². The third-order valence-electron chi connectivity index (χ3n) is 5.88. The summed E-state index contributed by atoms with van der Waals surface area (Å²) in [5.41, 5.74) is 8.47. The van der Waals surface area contributed by atoms with E-state index in [1.165, 1.54) is 10.5 Å². The highest BCUT2D eigenvalue weighted by atomic mass is 16.2. The molecule has 8 heteroatoms. The Morgan fingerprint density at radius 1 is 1.28 bits per heavy atom. The molecule has 1 aromatic rings. The van der Waals surface area contributed by atoms with Crippen molar-refractivity contribution in [1.82, 2.24) is 20.9 Å². The van der Waals surface area contributed by atoms with E-state index in [2.05, 4.69) is 28.1 Å². The molecule has 5 N–H and O–H groups in total. The molecule has 1 saturated heterocycles. The fraction of sp³-hybridized carbons (Fsp3) is 0.571. The van der Waals surface area contributed by atoms with Gasteiger partial charge in [-0.2, -0.15) is 0 Å². The number of fused-ring (bicyclic) bond motifs is 1. The molecule has 0 bridgehead atoms. The van der Waals surface area contributed by atoms with Gasteiger partial charge in [0.1, 0.15) is 6.04 Å². The second kappa shape index (κ2) is 9.37. The molecule has 1 fully saturated rings. The van der Waals surface area contributed by atoms with Gasteiger partial charge in [-0.15, -0.1) is 0 Å². The van der Waals surface area contributed by atoms with Gasteiger partial charge in [-0.3, -0.25) is 14.4 Å². The number of nitrogens with two attached hydrogens (primary N) is 1. The summed E-state index contributed by atoms with van der Waals surface area (Å²) >= 11 is 0. The van der Waals surface area contributed by atoms with Crippen LogP contribution in [0.2, 0.25) is 0 Å². The van der Waals surface area contributed by atoms with E-state index in [9.17, 15) is 14.4 Å². The lowest BCUT2D eigenvalue weighted by molar-refractivity contribution is -0.139. The molecule has 1 aliphatic heterocycles. The van der Waals surface area contributed by atoms with Crippen LogP contribution in [0.25, 0.3) is 0 Å². The Morgan fingerprint density at radius 3 is 2.79 bits per heavy atom. The Morgan fingerprint density at radius 2 is 2.03 bits per heavy atom. The normalized spacial score (nSPS) is 24.5. The number of likely N-dealkylation sites (tertiary alicyclic amines) is 1. The lowest BCUT2D eigenvalue weighted by Gasteiger charge is -2.30. The van der Waals surface area contributed by atoms with E-state index in [1.54, 1.807) is 14.0 Å². The van der Waals surface area contributed by atoms with Crippen molar-refractivity contribution in [3.63, 3.8) is 0 Å². The molecule has 0 saturated carbocycles. The van der Waals surface area contributed by atoms with Crippen molar-refractivity contribution in [1.29, 1.82) is 0 Å². The van der Waals surface area contributed by atoms with Gasteiger partial charge >= 0.3 is 0 Å². The number of carbonyl (C=O) groups excluding carboxylic acids is 3. The van der Waals surface area contributed by atoms with E-state index in [0.29, 0.717) is 13.0 Å². The second-order valence-electron chi connectivity index (χ2n) is 7.94. The lowest BCUT2D eigenvalue weighted by atomic mass is 9.87. The summed E-state index contributed by atoms with van der Waals surface area (Å²) in [5.74, 6) is -0.731. The predicted molar refractivity (Wildman–Crippen MR) is 110 cm³/mol. The minimum Gasteiger partial charge on any atom is -0.347 e. The summed E-state index contributed by atoms with van der Waals surface area (Å²) in [7, 11) is 1.68. The monoisotopic (exact) mass is 401 g/mol. The van der Waals surface area contributed by atoms with Crippen molar-refractivity contribution < 1.29 is 14.4 Å². The molecular weight excluding hydrogens is 370 g/mol. The Labute approximate surface area is 171 Å². The highest BCUT2D eigenvalue weighted by Crippen LogP contribution is 2.30. The molecule has 1 aliphatic carbocycles. The van der Waals surface area contributed by atoms with Gasteiger partial charge < -0.3 is 26.6 Å². The molecule has 3 rings (SSSR count). The van der Waals surface area contributed by atoms with E-state index in [-0.39, 0.29) is 36.3 Å². The maximum atomic E-state index is 13.0. The Kier molecular flexibility index (Phi) is 6.87. The summed E-state index contributed by atoms with van der Waals surface area (Å²) in [6, 6.07) is 6.87. The van der Waals surface area contributed by atoms with Gasteiger partial charge in [-0.05, 0) is 50.8 Å². The van der Waals surface area contributed by atoms with Gasteiger partial charge in [-0.1, -0.05) is 24.3 Å². The van der Waals surface area contributed by atoms with Gasteiger partial charge in [0.15, 0.2) is 0 Å². The largest absolute Gasteiger partial charge is 0.347 e. The number of hydrogen-bond acceptors (Lipinski definition) is 5. The number of benzene rings is 1. The van der Waals surface area contributed by atoms with Gasteiger partial charge in [-0.25, -0.2) is 0 Å². The summed E-state index contributed by atoms with van der Waals surface area (Å²) in [6.45, 7) is 1.88. The summed E-state index contributed by atoms with van der Waals surface area (Å²) < 4.78 is 0. The molecule has 158 valence electrons. The third-order valence-corrected chi connectivity index (χ3v) is 5.88. The van der Waals surface area contributed by atoms with Crippen LogP contribution in [-0.2, 0) is 20.8 Å². The van der Waals surface area contributed by atoms with Crippen molar-refractivity contribution in [2.45, 2.75) is 56.8 Å². The first-order valence-electron chi connectivity index (χ1n) is 10.3. The smallest absolute Gasteiger partial charge is 0.243 e. The van der Waals surface area contributed by atoms with Gasteiger partial charge in [0.2, 0.25) is 17.7 Å². The Bertz CT molecular complexity index is 768. The van der Waals surface area contributed by atoms with Gasteiger partial charge in [0.05, 0.1) is 18.6 Å². The highest BCUT2D eigenvalue weighted by molar-refractivity contribution is 5.91. The number of rotatable bonds is 6. The fourth-order valence-corrected chi connectivity index (χ4v) is 4.11. The number of likely N-dealkylation sites (N-methyl/N-ethyl adjacent to an activating group) is 1. The molecule has 1 aromatic carbocycles. The van der Waals surface area contributed by atoms with E-state index in [0.717, 1.165) is 24.8 Å². The molecule has 4 atom stereocenters. The van der Waals surface area contributed by atoms with Crippen molar-refractivity contribution in [2.24, 2.45) is 5.73 Å². The van der Waals surface area contributed by atoms with Crippen LogP contribution in [0.1, 0.15) is 43.4 Å². The van der Waals surface area contributed by atoms with Crippen LogP contribution in [0.4, 0.5) is 0 Å². The first-order chi connectivity index (χ1) is 13.9. The van der Waals surface area contributed by atoms with Crippen LogP contribution in [-0.4, -0.2) is 60.9 Å². The minimum absolute atomic E-state index is 0.0441. The number of nitrogens with one attached hydrogen (secondary N) is 3. The van der Waals surface area contributed by atoms with Crippen molar-refractivity contribution in [2.75, 3.05) is 20.1 Å². The van der Waals surface area contributed by atoms with Crippen LogP contribution >= 0.6 is 0 Å². The maximum Gasteiger partial charge on any atom is 0.243 e. The number of carbonyl (C=O) groups is 3. The molecule has 0 radical (unpaired) electrons. The first kappa shape index (κ1) is 21.3. The zero-order valence-corrected chi connectivity index (χ0v) is 17.1. The zero-order chi connectivity index (χ0) is 21.0. The average Bonchev–Trinajstić information content (AvgIpc) is 3.13. The second-order valence-corrected chi connectivity index (χ2v) is 7.94. The summed E-state index contributed by atoms with van der Waals surface area (Å²) in [5, 5.41) is 8.57. The molecule has 4 unspecified atom stereocenters.